The van der Waals surface area contributed by atoms with Gasteiger partial charge in [-0.05, 0) is 31.1 Å². The summed E-state index contributed by atoms with van der Waals surface area (Å²) in [6.45, 7) is 6.00. The molecule has 0 saturated carbocycles. The molecule has 90 valence electrons. The average molecular weight is 228 g/mol. The summed E-state index contributed by atoms with van der Waals surface area (Å²) in [5.74, 6) is 7.34. The molecule has 1 aromatic rings. The number of benzene rings is 1. The van der Waals surface area contributed by atoms with Gasteiger partial charge >= 0.3 is 0 Å². The third-order valence-corrected chi connectivity index (χ3v) is 2.37. The molecule has 0 aliphatic heterocycles. The van der Waals surface area contributed by atoms with E-state index in [1.165, 1.54) is 25.7 Å². The molecule has 0 heterocycles. The minimum absolute atomic E-state index is 0.520. The van der Waals surface area contributed by atoms with Crippen molar-refractivity contribution in [3.05, 3.63) is 42.7 Å². The summed E-state index contributed by atoms with van der Waals surface area (Å²) in [5, 5.41) is 0. The third kappa shape index (κ3) is 6.48. The van der Waals surface area contributed by atoms with Crippen molar-refractivity contribution in [1.29, 1.82) is 0 Å². The van der Waals surface area contributed by atoms with Gasteiger partial charge in [-0.15, -0.1) is 0 Å². The molecule has 1 nitrogen and oxygen atoms in total. The molecule has 0 N–H and O–H groups in total. The Morgan fingerprint density at radius 3 is 2.65 bits per heavy atom. The molecular weight excluding hydrogens is 208 g/mol. The Morgan fingerprint density at radius 1 is 1.18 bits per heavy atom. The molecule has 0 unspecified atom stereocenters. The van der Waals surface area contributed by atoms with E-state index in [2.05, 4.69) is 25.3 Å². The molecular formula is C16H20O. The zero-order valence-corrected chi connectivity index (χ0v) is 10.5. The monoisotopic (exact) mass is 228 g/mol. The van der Waals surface area contributed by atoms with Gasteiger partial charge in [0.25, 0.3) is 0 Å². The van der Waals surface area contributed by atoms with Crippen LogP contribution in [0.2, 0.25) is 0 Å². The number of hydrogen-bond donors (Lipinski definition) is 0. The van der Waals surface area contributed by atoms with Gasteiger partial charge in [0.1, 0.15) is 5.75 Å². The number of unbranched alkanes of at least 4 members (excludes halogenated alkanes) is 4. The van der Waals surface area contributed by atoms with Crippen molar-refractivity contribution in [1.82, 2.24) is 0 Å². The zero-order chi connectivity index (χ0) is 12.3. The number of para-hydroxylation sites is 1. The normalized spacial score (nSPS) is 9.24. The molecule has 0 aromatic heterocycles. The van der Waals surface area contributed by atoms with E-state index in [-0.39, 0.29) is 0 Å². The minimum atomic E-state index is 0.520. The van der Waals surface area contributed by atoms with Crippen LogP contribution in [0, 0.1) is 11.8 Å². The molecule has 0 aliphatic carbocycles. The van der Waals surface area contributed by atoms with E-state index in [4.69, 9.17) is 4.74 Å². The van der Waals surface area contributed by atoms with Gasteiger partial charge in [-0.1, -0.05) is 50.3 Å². The van der Waals surface area contributed by atoms with E-state index >= 15 is 0 Å². The molecule has 0 bridgehead atoms. The molecule has 0 fully saturated rings. The predicted molar refractivity (Wildman–Crippen MR) is 72.7 cm³/mol. The highest BCUT2D eigenvalue weighted by molar-refractivity contribution is 5.28. The summed E-state index contributed by atoms with van der Waals surface area (Å²) in [6.07, 6.45) is 5.91. The maximum atomic E-state index is 5.47. The molecule has 0 atom stereocenters. The minimum Gasteiger partial charge on any atom is -0.449 e. The highest BCUT2D eigenvalue weighted by atomic mass is 16.5. The maximum absolute atomic E-state index is 5.47. The molecule has 1 heteroatoms. The Hall–Kier alpha value is -1.68. The average Bonchev–Trinajstić information content (AvgIpc) is 2.35. The molecule has 1 aromatic carbocycles. The highest BCUT2D eigenvalue weighted by Crippen LogP contribution is 2.11. The fraction of sp³-hybridized carbons (Fsp3) is 0.375. The SMILES string of the molecule is C=C(C#CCCCCCC)Oc1ccccc1. The first-order valence-electron chi connectivity index (χ1n) is 6.23. The third-order valence-electron chi connectivity index (χ3n) is 2.37. The Labute approximate surface area is 105 Å². The molecule has 0 saturated heterocycles. The van der Waals surface area contributed by atoms with Crippen molar-refractivity contribution < 1.29 is 4.74 Å². The summed E-state index contributed by atoms with van der Waals surface area (Å²) in [5.41, 5.74) is 0. The van der Waals surface area contributed by atoms with Gasteiger partial charge in [0.05, 0.1) is 0 Å². The van der Waals surface area contributed by atoms with Crippen molar-refractivity contribution in [2.24, 2.45) is 0 Å². The summed E-state index contributed by atoms with van der Waals surface area (Å²) in [6, 6.07) is 9.61. The summed E-state index contributed by atoms with van der Waals surface area (Å²) in [4.78, 5) is 0. The van der Waals surface area contributed by atoms with Crippen LogP contribution in [-0.2, 0) is 0 Å². The predicted octanol–water partition coefficient (Wildman–Crippen LogP) is 4.55. The zero-order valence-electron chi connectivity index (χ0n) is 10.5. The van der Waals surface area contributed by atoms with Gasteiger partial charge < -0.3 is 4.74 Å². The number of rotatable bonds is 6. The Bertz CT molecular complexity index is 381. The largest absolute Gasteiger partial charge is 0.449 e. The van der Waals surface area contributed by atoms with Gasteiger partial charge in [0.2, 0.25) is 0 Å². The quantitative estimate of drug-likeness (QED) is 0.394. The van der Waals surface area contributed by atoms with Crippen LogP contribution in [0.15, 0.2) is 42.7 Å². The summed E-state index contributed by atoms with van der Waals surface area (Å²) in [7, 11) is 0. The van der Waals surface area contributed by atoms with Crippen LogP contribution in [0.4, 0.5) is 0 Å². The van der Waals surface area contributed by atoms with Gasteiger partial charge in [0, 0.05) is 6.42 Å². The van der Waals surface area contributed by atoms with E-state index in [0.717, 1.165) is 12.2 Å². The van der Waals surface area contributed by atoms with E-state index in [0.29, 0.717) is 5.76 Å². The lowest BCUT2D eigenvalue weighted by molar-refractivity contribution is 0.452. The van der Waals surface area contributed by atoms with E-state index in [1.54, 1.807) is 0 Å². The van der Waals surface area contributed by atoms with Gasteiger partial charge in [-0.2, -0.15) is 0 Å². The lowest BCUT2D eigenvalue weighted by atomic mass is 10.2. The second-order valence-corrected chi connectivity index (χ2v) is 3.95. The van der Waals surface area contributed by atoms with Crippen LogP contribution >= 0.6 is 0 Å². The van der Waals surface area contributed by atoms with Crippen molar-refractivity contribution in [3.8, 4) is 17.6 Å². The number of ether oxygens (including phenoxy) is 1. The fourth-order valence-electron chi connectivity index (χ4n) is 1.46. The van der Waals surface area contributed by atoms with Crippen LogP contribution in [0.5, 0.6) is 5.75 Å². The molecule has 0 amide bonds. The van der Waals surface area contributed by atoms with Crippen molar-refractivity contribution in [3.63, 3.8) is 0 Å². The van der Waals surface area contributed by atoms with Gasteiger partial charge in [0.15, 0.2) is 5.76 Å². The smallest absolute Gasteiger partial charge is 0.170 e. The van der Waals surface area contributed by atoms with Gasteiger partial charge in [-0.25, -0.2) is 0 Å². The molecule has 0 spiro atoms. The Morgan fingerprint density at radius 2 is 1.94 bits per heavy atom. The van der Waals surface area contributed by atoms with Gasteiger partial charge in [-0.3, -0.25) is 0 Å². The van der Waals surface area contributed by atoms with Crippen LogP contribution in [-0.4, -0.2) is 0 Å². The van der Waals surface area contributed by atoms with Crippen LogP contribution < -0.4 is 4.74 Å². The second kappa shape index (κ2) is 8.47. The molecule has 0 aliphatic rings. The first-order chi connectivity index (χ1) is 8.33. The first-order valence-corrected chi connectivity index (χ1v) is 6.23. The molecule has 0 radical (unpaired) electrons. The topological polar surface area (TPSA) is 9.23 Å². The Kier molecular flexibility index (Phi) is 6.67. The second-order valence-electron chi connectivity index (χ2n) is 3.95. The van der Waals surface area contributed by atoms with Crippen molar-refractivity contribution >= 4 is 0 Å². The summed E-state index contributed by atoms with van der Waals surface area (Å²) < 4.78 is 5.47. The first kappa shape index (κ1) is 13.4. The lowest BCUT2D eigenvalue weighted by Gasteiger charge is -2.01. The fourth-order valence-corrected chi connectivity index (χ4v) is 1.46. The Balaban J connectivity index is 2.23. The van der Waals surface area contributed by atoms with E-state index in [1.807, 2.05) is 30.3 Å². The highest BCUT2D eigenvalue weighted by Gasteiger charge is 1.92. The van der Waals surface area contributed by atoms with Crippen LogP contribution in [0.25, 0.3) is 0 Å². The van der Waals surface area contributed by atoms with Crippen LogP contribution in [0.1, 0.15) is 39.0 Å². The maximum Gasteiger partial charge on any atom is 0.170 e. The van der Waals surface area contributed by atoms with Crippen LogP contribution in [0.3, 0.4) is 0 Å². The van der Waals surface area contributed by atoms with E-state index < -0.39 is 0 Å². The van der Waals surface area contributed by atoms with Crippen molar-refractivity contribution in [2.45, 2.75) is 39.0 Å². The molecule has 1 rings (SSSR count). The lowest BCUT2D eigenvalue weighted by Crippen LogP contribution is -1.89. The van der Waals surface area contributed by atoms with E-state index in [9.17, 15) is 0 Å². The number of allylic oxidation sites excluding steroid dienone is 1. The molecule has 17 heavy (non-hydrogen) atoms. The standard InChI is InChI=1S/C16H20O/c1-3-4-5-6-7-9-12-15(2)17-16-13-10-8-11-14-16/h8,10-11,13-14H,2-7H2,1H3. The number of hydrogen-bond acceptors (Lipinski definition) is 1. The van der Waals surface area contributed by atoms with Crippen molar-refractivity contribution in [2.75, 3.05) is 0 Å². The summed E-state index contributed by atoms with van der Waals surface area (Å²) >= 11 is 0.